The standard InChI is InChI=1S/C5H13NS.C2H4O2/c1-6(2,3)4-5-7;1-2(3)4/h4-5H2,1-3H3;1H3,(H,3,4)/p+1. The smallest absolute Gasteiger partial charge is 0.300 e. The lowest BCUT2D eigenvalue weighted by molar-refractivity contribution is -0.867. The highest BCUT2D eigenvalue weighted by molar-refractivity contribution is 7.80. The van der Waals surface area contributed by atoms with Gasteiger partial charge in [0.15, 0.2) is 0 Å². The maximum atomic E-state index is 9.00. The lowest BCUT2D eigenvalue weighted by Crippen LogP contribution is -2.36. The average molecular weight is 180 g/mol. The summed E-state index contributed by atoms with van der Waals surface area (Å²) in [7, 11) is 6.49. The van der Waals surface area contributed by atoms with Gasteiger partial charge in [-0.2, -0.15) is 12.6 Å². The Bertz CT molecular complexity index is 105. The maximum Gasteiger partial charge on any atom is 0.300 e. The molecule has 0 atom stereocenters. The summed E-state index contributed by atoms with van der Waals surface area (Å²) >= 11 is 4.10. The number of carbonyl (C=O) groups is 1. The zero-order chi connectivity index (χ0) is 9.49. The van der Waals surface area contributed by atoms with Gasteiger partial charge in [0.1, 0.15) is 0 Å². The summed E-state index contributed by atoms with van der Waals surface area (Å²) in [6, 6.07) is 0. The highest BCUT2D eigenvalue weighted by atomic mass is 32.1. The van der Waals surface area contributed by atoms with E-state index in [1.54, 1.807) is 0 Å². The fourth-order valence-electron chi connectivity index (χ4n) is 0.300. The van der Waals surface area contributed by atoms with Crippen molar-refractivity contribution in [3.63, 3.8) is 0 Å². The Kier molecular flexibility index (Phi) is 7.89. The fourth-order valence-corrected chi connectivity index (χ4v) is 0.900. The van der Waals surface area contributed by atoms with E-state index in [9.17, 15) is 0 Å². The zero-order valence-corrected chi connectivity index (χ0v) is 8.56. The maximum absolute atomic E-state index is 9.00. The van der Waals surface area contributed by atoms with Gasteiger partial charge in [-0.25, -0.2) is 0 Å². The molecule has 0 unspecified atom stereocenters. The van der Waals surface area contributed by atoms with Crippen molar-refractivity contribution >= 4 is 18.6 Å². The van der Waals surface area contributed by atoms with Gasteiger partial charge in [0.05, 0.1) is 27.7 Å². The SMILES string of the molecule is CC(=O)O.C[N+](C)(C)CCS. The molecular formula is C7H18NO2S+. The number of rotatable bonds is 2. The lowest BCUT2D eigenvalue weighted by Gasteiger charge is -2.22. The van der Waals surface area contributed by atoms with Crippen LogP contribution in [0.1, 0.15) is 6.92 Å². The highest BCUT2D eigenvalue weighted by Crippen LogP contribution is 1.88. The molecule has 0 saturated heterocycles. The van der Waals surface area contributed by atoms with Gasteiger partial charge in [0, 0.05) is 12.7 Å². The van der Waals surface area contributed by atoms with Crippen molar-refractivity contribution in [1.82, 2.24) is 0 Å². The highest BCUT2D eigenvalue weighted by Gasteiger charge is 2.01. The van der Waals surface area contributed by atoms with E-state index in [0.29, 0.717) is 0 Å². The number of quaternary nitrogens is 1. The molecule has 0 bridgehead atoms. The van der Waals surface area contributed by atoms with Gasteiger partial charge >= 0.3 is 0 Å². The molecule has 0 radical (unpaired) electrons. The van der Waals surface area contributed by atoms with Crippen molar-refractivity contribution in [2.24, 2.45) is 0 Å². The Morgan fingerprint density at radius 1 is 1.45 bits per heavy atom. The molecule has 0 aromatic heterocycles. The normalized spacial score (nSPS) is 9.91. The van der Waals surface area contributed by atoms with Gasteiger partial charge in [-0.1, -0.05) is 0 Å². The summed E-state index contributed by atoms with van der Waals surface area (Å²) in [5.41, 5.74) is 0. The topological polar surface area (TPSA) is 37.3 Å². The summed E-state index contributed by atoms with van der Waals surface area (Å²) in [5, 5.41) is 7.42. The van der Waals surface area contributed by atoms with Crippen LogP contribution in [0.3, 0.4) is 0 Å². The molecule has 4 heteroatoms. The van der Waals surface area contributed by atoms with Crippen molar-refractivity contribution < 1.29 is 14.4 Å². The monoisotopic (exact) mass is 180 g/mol. The number of hydrogen-bond donors (Lipinski definition) is 2. The van der Waals surface area contributed by atoms with Crippen LogP contribution in [0, 0.1) is 0 Å². The second-order valence-electron chi connectivity index (χ2n) is 3.26. The first kappa shape index (κ1) is 13.4. The van der Waals surface area contributed by atoms with E-state index in [4.69, 9.17) is 9.90 Å². The molecule has 0 aliphatic rings. The van der Waals surface area contributed by atoms with Crippen LogP contribution in [-0.4, -0.2) is 49.0 Å². The Hall–Kier alpha value is -0.220. The summed E-state index contributed by atoms with van der Waals surface area (Å²) < 4.78 is 1.02. The van der Waals surface area contributed by atoms with E-state index in [1.165, 1.54) is 0 Å². The van der Waals surface area contributed by atoms with Gasteiger partial charge in [-0.15, -0.1) is 0 Å². The Morgan fingerprint density at radius 3 is 1.73 bits per heavy atom. The fraction of sp³-hybridized carbons (Fsp3) is 0.857. The van der Waals surface area contributed by atoms with E-state index in [2.05, 4.69) is 33.8 Å². The van der Waals surface area contributed by atoms with Crippen LogP contribution in [0.5, 0.6) is 0 Å². The lowest BCUT2D eigenvalue weighted by atomic mass is 10.6. The first-order chi connectivity index (χ1) is 4.79. The predicted molar refractivity (Wildman–Crippen MR) is 50.1 cm³/mol. The molecule has 3 nitrogen and oxygen atoms in total. The van der Waals surface area contributed by atoms with Gasteiger partial charge in [-0.3, -0.25) is 4.79 Å². The minimum absolute atomic E-state index is 0.833. The third kappa shape index (κ3) is 41.4. The number of carboxylic acid groups (broad SMARTS) is 1. The van der Waals surface area contributed by atoms with E-state index in [0.717, 1.165) is 23.7 Å². The summed E-state index contributed by atoms with van der Waals surface area (Å²) in [6.07, 6.45) is 0. The molecule has 0 aromatic carbocycles. The molecule has 0 heterocycles. The van der Waals surface area contributed by atoms with Crippen LogP contribution >= 0.6 is 12.6 Å². The molecule has 68 valence electrons. The van der Waals surface area contributed by atoms with Crippen molar-refractivity contribution in [2.75, 3.05) is 33.4 Å². The number of thiol groups is 1. The predicted octanol–water partition coefficient (Wildman–Crippen LogP) is 0.713. The van der Waals surface area contributed by atoms with Crippen molar-refractivity contribution in [2.45, 2.75) is 6.92 Å². The largest absolute Gasteiger partial charge is 0.481 e. The van der Waals surface area contributed by atoms with Crippen LogP contribution in [0.4, 0.5) is 0 Å². The van der Waals surface area contributed by atoms with Gasteiger partial charge < -0.3 is 9.59 Å². The molecule has 1 N–H and O–H groups in total. The third-order valence-corrected chi connectivity index (χ3v) is 0.971. The molecule has 0 spiro atoms. The van der Waals surface area contributed by atoms with Crippen LogP contribution < -0.4 is 0 Å². The van der Waals surface area contributed by atoms with E-state index >= 15 is 0 Å². The minimum atomic E-state index is -0.833. The second-order valence-corrected chi connectivity index (χ2v) is 3.70. The summed E-state index contributed by atoms with van der Waals surface area (Å²) in [6.45, 7) is 2.23. The molecule has 11 heavy (non-hydrogen) atoms. The van der Waals surface area contributed by atoms with Gasteiger partial charge in [0.25, 0.3) is 5.97 Å². The van der Waals surface area contributed by atoms with Crippen molar-refractivity contribution in [1.29, 1.82) is 0 Å². The second kappa shape index (κ2) is 6.49. The van der Waals surface area contributed by atoms with E-state index in [1.807, 2.05) is 0 Å². The summed E-state index contributed by atoms with van der Waals surface area (Å²) in [5.74, 6) is 0.142. The number of aliphatic carboxylic acids is 1. The Labute approximate surface area is 74.0 Å². The number of nitrogens with zero attached hydrogens (tertiary/aromatic N) is 1. The molecule has 0 rings (SSSR count). The average Bonchev–Trinajstić information content (AvgIpc) is 1.58. The quantitative estimate of drug-likeness (QED) is 0.485. The van der Waals surface area contributed by atoms with Gasteiger partial charge in [0.2, 0.25) is 0 Å². The van der Waals surface area contributed by atoms with Crippen LogP contribution in [0.15, 0.2) is 0 Å². The number of carboxylic acids is 1. The van der Waals surface area contributed by atoms with Crippen molar-refractivity contribution in [3.05, 3.63) is 0 Å². The molecular weight excluding hydrogens is 162 g/mol. The number of hydrogen-bond acceptors (Lipinski definition) is 2. The zero-order valence-electron chi connectivity index (χ0n) is 7.66. The first-order valence-corrected chi connectivity index (χ1v) is 4.03. The first-order valence-electron chi connectivity index (χ1n) is 3.40. The van der Waals surface area contributed by atoms with Crippen LogP contribution in [0.2, 0.25) is 0 Å². The third-order valence-electron chi connectivity index (χ3n) is 0.771. The molecule has 0 aliphatic heterocycles. The van der Waals surface area contributed by atoms with E-state index < -0.39 is 5.97 Å². The van der Waals surface area contributed by atoms with Crippen molar-refractivity contribution in [3.8, 4) is 0 Å². The molecule has 0 fully saturated rings. The molecule has 0 amide bonds. The molecule has 0 saturated carbocycles. The Balaban J connectivity index is 0. The summed E-state index contributed by atoms with van der Waals surface area (Å²) in [4.78, 5) is 9.00. The van der Waals surface area contributed by atoms with Crippen LogP contribution in [0.25, 0.3) is 0 Å². The Morgan fingerprint density at radius 2 is 1.73 bits per heavy atom. The van der Waals surface area contributed by atoms with Gasteiger partial charge in [-0.05, 0) is 0 Å². The molecule has 0 aliphatic carbocycles. The molecule has 0 aromatic rings. The van der Waals surface area contributed by atoms with Crippen LogP contribution in [-0.2, 0) is 4.79 Å². The van der Waals surface area contributed by atoms with E-state index in [-0.39, 0.29) is 0 Å². The minimum Gasteiger partial charge on any atom is -0.481 e.